The first-order chi connectivity index (χ1) is 21.5. The molecule has 5 N–H and O–H groups in total. The molecule has 0 unspecified atom stereocenters. The van der Waals surface area contributed by atoms with Crippen molar-refractivity contribution < 1.29 is 28.6 Å². The SMILES string of the molecule is COc1cc2c(c(OC)c1OC)-c1ccc(N[C@@H](CC(C)C)C(=O)Nc3ccc(C(N)=O)cc3)c(=O)cc1[C@@H](NC(C)=O)CC2. The molecule has 238 valence electrons. The van der Waals surface area contributed by atoms with E-state index >= 15 is 0 Å². The zero-order valence-electron chi connectivity index (χ0n) is 26.4. The minimum Gasteiger partial charge on any atom is -0.493 e. The van der Waals surface area contributed by atoms with E-state index in [1.165, 1.54) is 32.2 Å². The number of aryl methyl sites for hydroxylation is 1. The Morgan fingerprint density at radius 2 is 1.64 bits per heavy atom. The standard InChI is InChI=1S/C34H40N4O7/c1-18(2)15-27(34(42)37-22-10-7-20(8-11-22)33(35)41)38-26-14-12-23-24(17-28(26)40)25(36-19(3)39)13-9-21-16-29(43-4)31(44-5)32(45-6)30(21)23/h7-8,10-12,14,16-18,25,27H,9,13,15H2,1-6H3,(H2,35,41)(H,36,39)(H,37,42)(H,38,40)/t25-,27-/m0/s1. The summed E-state index contributed by atoms with van der Waals surface area (Å²) in [5.41, 5.74) is 8.95. The molecule has 45 heavy (non-hydrogen) atoms. The van der Waals surface area contributed by atoms with E-state index in [1.54, 1.807) is 38.5 Å². The van der Waals surface area contributed by atoms with Crippen molar-refractivity contribution in [1.29, 1.82) is 0 Å². The number of anilines is 2. The molecule has 4 rings (SSSR count). The van der Waals surface area contributed by atoms with Gasteiger partial charge in [-0.05, 0) is 84.3 Å². The molecule has 3 aromatic rings. The Kier molecular flexibility index (Phi) is 10.3. The van der Waals surface area contributed by atoms with Crippen LogP contribution in [0.3, 0.4) is 0 Å². The molecule has 11 heteroatoms. The normalized spacial score (nSPS) is 14.2. The van der Waals surface area contributed by atoms with Crippen molar-refractivity contribution in [3.05, 3.63) is 75.4 Å². The van der Waals surface area contributed by atoms with Crippen LogP contribution in [0.2, 0.25) is 0 Å². The summed E-state index contributed by atoms with van der Waals surface area (Å²) in [6.07, 6.45) is 1.54. The van der Waals surface area contributed by atoms with Crippen LogP contribution >= 0.6 is 0 Å². The Balaban J connectivity index is 1.81. The summed E-state index contributed by atoms with van der Waals surface area (Å²) in [5, 5.41) is 9.03. The largest absolute Gasteiger partial charge is 0.493 e. The van der Waals surface area contributed by atoms with Gasteiger partial charge in [0.05, 0.1) is 33.1 Å². The van der Waals surface area contributed by atoms with E-state index in [-0.39, 0.29) is 28.8 Å². The third-order valence-electron chi connectivity index (χ3n) is 7.71. The van der Waals surface area contributed by atoms with Crippen molar-refractivity contribution in [2.75, 3.05) is 32.0 Å². The maximum atomic E-state index is 13.8. The first kappa shape index (κ1) is 32.8. The summed E-state index contributed by atoms with van der Waals surface area (Å²) >= 11 is 0. The second kappa shape index (κ2) is 14.1. The molecule has 1 aliphatic rings. The third kappa shape index (κ3) is 7.36. The molecule has 0 saturated heterocycles. The van der Waals surface area contributed by atoms with E-state index in [0.717, 1.165) is 11.1 Å². The fourth-order valence-corrected chi connectivity index (χ4v) is 5.66. The summed E-state index contributed by atoms with van der Waals surface area (Å²) < 4.78 is 17.1. The van der Waals surface area contributed by atoms with Gasteiger partial charge >= 0.3 is 0 Å². The van der Waals surface area contributed by atoms with Crippen LogP contribution in [0.1, 0.15) is 61.1 Å². The van der Waals surface area contributed by atoms with Crippen LogP contribution < -0.4 is 41.3 Å². The van der Waals surface area contributed by atoms with E-state index in [1.807, 2.05) is 19.9 Å². The lowest BCUT2D eigenvalue weighted by atomic mass is 9.95. The molecule has 3 amide bonds. The van der Waals surface area contributed by atoms with Gasteiger partial charge in [0.15, 0.2) is 11.5 Å². The topological polar surface area (TPSA) is 158 Å². The Labute approximate surface area is 262 Å². The van der Waals surface area contributed by atoms with Crippen LogP contribution in [0, 0.1) is 5.92 Å². The van der Waals surface area contributed by atoms with E-state index in [9.17, 15) is 19.2 Å². The molecular formula is C34H40N4O7. The van der Waals surface area contributed by atoms with E-state index < -0.39 is 18.0 Å². The van der Waals surface area contributed by atoms with Gasteiger partial charge in [0, 0.05) is 23.7 Å². The summed E-state index contributed by atoms with van der Waals surface area (Å²) in [6, 6.07) is 11.9. The molecule has 0 fully saturated rings. The van der Waals surface area contributed by atoms with Crippen LogP contribution in [-0.4, -0.2) is 45.1 Å². The fourth-order valence-electron chi connectivity index (χ4n) is 5.66. The maximum Gasteiger partial charge on any atom is 0.248 e. The number of hydrogen-bond donors (Lipinski definition) is 4. The lowest BCUT2D eigenvalue weighted by Gasteiger charge is -2.20. The minimum absolute atomic E-state index is 0.123. The molecule has 3 aromatic carbocycles. The van der Waals surface area contributed by atoms with Crippen LogP contribution in [-0.2, 0) is 16.0 Å². The zero-order chi connectivity index (χ0) is 32.8. The molecule has 1 aliphatic carbocycles. The minimum atomic E-state index is -0.756. The van der Waals surface area contributed by atoms with Crippen molar-refractivity contribution in [2.45, 2.75) is 52.1 Å². The average molecular weight is 617 g/mol. The Morgan fingerprint density at radius 1 is 0.956 bits per heavy atom. The smallest absolute Gasteiger partial charge is 0.248 e. The molecule has 0 spiro atoms. The molecule has 0 heterocycles. The molecule has 0 saturated carbocycles. The number of carbonyl (C=O) groups excluding carboxylic acids is 3. The van der Waals surface area contributed by atoms with Crippen molar-refractivity contribution in [1.82, 2.24) is 5.32 Å². The van der Waals surface area contributed by atoms with Gasteiger partial charge in [-0.1, -0.05) is 19.9 Å². The number of nitrogens with two attached hydrogens (primary N) is 1. The lowest BCUT2D eigenvalue weighted by Crippen LogP contribution is -2.37. The highest BCUT2D eigenvalue weighted by molar-refractivity contribution is 5.98. The highest BCUT2D eigenvalue weighted by atomic mass is 16.5. The van der Waals surface area contributed by atoms with Crippen LogP contribution in [0.15, 0.2) is 53.3 Å². The van der Waals surface area contributed by atoms with Gasteiger partial charge in [0.1, 0.15) is 6.04 Å². The van der Waals surface area contributed by atoms with Gasteiger partial charge in [-0.25, -0.2) is 0 Å². The molecule has 0 aromatic heterocycles. The van der Waals surface area contributed by atoms with Gasteiger partial charge in [0.25, 0.3) is 0 Å². The first-order valence-corrected chi connectivity index (χ1v) is 14.7. The number of rotatable bonds is 11. The number of nitrogens with one attached hydrogen (secondary N) is 3. The Morgan fingerprint density at radius 3 is 2.22 bits per heavy atom. The Bertz CT molecular complexity index is 1650. The van der Waals surface area contributed by atoms with Crippen molar-refractivity contribution >= 4 is 29.1 Å². The quantitative estimate of drug-likeness (QED) is 0.246. The van der Waals surface area contributed by atoms with Gasteiger partial charge in [-0.2, -0.15) is 0 Å². The highest BCUT2D eigenvalue weighted by Crippen LogP contribution is 2.50. The number of benzene rings is 2. The first-order valence-electron chi connectivity index (χ1n) is 14.7. The number of ether oxygens (including phenoxy) is 3. The van der Waals surface area contributed by atoms with Gasteiger partial charge in [0.2, 0.25) is 28.9 Å². The number of fused-ring (bicyclic) bond motifs is 3. The number of amides is 3. The maximum absolute atomic E-state index is 13.8. The van der Waals surface area contributed by atoms with Crippen molar-refractivity contribution in [2.24, 2.45) is 11.7 Å². The van der Waals surface area contributed by atoms with Gasteiger partial charge in [-0.3, -0.25) is 19.2 Å². The van der Waals surface area contributed by atoms with Crippen LogP contribution in [0.25, 0.3) is 11.1 Å². The Hall–Kier alpha value is -5.06. The monoisotopic (exact) mass is 616 g/mol. The second-order valence-corrected chi connectivity index (χ2v) is 11.4. The highest BCUT2D eigenvalue weighted by Gasteiger charge is 2.30. The van der Waals surface area contributed by atoms with Gasteiger partial charge < -0.3 is 35.9 Å². The number of methoxy groups -OCH3 is 3. The zero-order valence-corrected chi connectivity index (χ0v) is 26.4. The predicted octanol–water partition coefficient (Wildman–Crippen LogP) is 4.43. The number of primary amides is 1. The molecule has 2 atom stereocenters. The van der Waals surface area contributed by atoms with E-state index in [2.05, 4.69) is 16.0 Å². The van der Waals surface area contributed by atoms with Crippen molar-refractivity contribution in [3.63, 3.8) is 0 Å². The van der Waals surface area contributed by atoms with E-state index in [0.29, 0.717) is 58.9 Å². The number of carbonyl (C=O) groups is 3. The van der Waals surface area contributed by atoms with Gasteiger partial charge in [-0.15, -0.1) is 0 Å². The van der Waals surface area contributed by atoms with Crippen molar-refractivity contribution in [3.8, 4) is 28.4 Å². The third-order valence-corrected chi connectivity index (χ3v) is 7.71. The number of hydrogen-bond acceptors (Lipinski definition) is 8. The second-order valence-electron chi connectivity index (χ2n) is 11.4. The predicted molar refractivity (Wildman–Crippen MR) is 173 cm³/mol. The summed E-state index contributed by atoms with van der Waals surface area (Å²) in [6.45, 7) is 5.41. The lowest BCUT2D eigenvalue weighted by molar-refractivity contribution is -0.120. The fraction of sp³-hybridized carbons (Fsp3) is 0.353. The molecule has 0 radical (unpaired) electrons. The van der Waals surface area contributed by atoms with Crippen LogP contribution in [0.5, 0.6) is 17.2 Å². The molecule has 11 nitrogen and oxygen atoms in total. The summed E-state index contributed by atoms with van der Waals surface area (Å²) in [4.78, 5) is 50.9. The molecule has 0 bridgehead atoms. The summed E-state index contributed by atoms with van der Waals surface area (Å²) in [5.74, 6) is 0.349. The summed E-state index contributed by atoms with van der Waals surface area (Å²) in [7, 11) is 4.62. The van der Waals surface area contributed by atoms with E-state index in [4.69, 9.17) is 19.9 Å². The van der Waals surface area contributed by atoms with Crippen LogP contribution in [0.4, 0.5) is 11.4 Å². The molecule has 0 aliphatic heterocycles. The average Bonchev–Trinajstić information content (AvgIpc) is 3.24. The molecular weight excluding hydrogens is 576 g/mol.